The number of halogens is 4. The molecular weight excluding hydrogens is 315 g/mol. The monoisotopic (exact) mass is 335 g/mol. The Hall–Kier alpha value is -0.780. The minimum Gasteiger partial charge on any atom is -0.396 e. The van der Waals surface area contributed by atoms with Crippen LogP contribution in [0.15, 0.2) is 18.2 Å². The van der Waals surface area contributed by atoms with Crippen molar-refractivity contribution in [2.45, 2.75) is 50.2 Å². The molecule has 1 aromatic carbocycles. The van der Waals surface area contributed by atoms with Gasteiger partial charge in [-0.25, -0.2) is 0 Å². The molecule has 0 spiro atoms. The van der Waals surface area contributed by atoms with E-state index in [1.54, 1.807) is 6.07 Å². The standard InChI is InChI=1S/C16H21ClF3NO/c17-14-7-6-11(10-13(14)16(18,19)20)12-4-3-5-15(12)21-8-1-2-9-22/h6-7,10,12,15,21-22H,1-5,8-9H2. The lowest BCUT2D eigenvalue weighted by molar-refractivity contribution is -0.137. The van der Waals surface area contributed by atoms with E-state index in [2.05, 4.69) is 5.32 Å². The first-order valence-electron chi connectivity index (χ1n) is 7.64. The van der Waals surface area contributed by atoms with E-state index >= 15 is 0 Å². The van der Waals surface area contributed by atoms with Crippen LogP contribution in [0.1, 0.15) is 49.1 Å². The minimum atomic E-state index is -4.42. The van der Waals surface area contributed by atoms with Gasteiger partial charge in [-0.05, 0) is 55.8 Å². The maximum atomic E-state index is 13.0. The van der Waals surface area contributed by atoms with E-state index in [4.69, 9.17) is 16.7 Å². The first-order valence-corrected chi connectivity index (χ1v) is 8.02. The Labute approximate surface area is 133 Å². The van der Waals surface area contributed by atoms with Crippen LogP contribution >= 0.6 is 11.6 Å². The number of hydrogen-bond acceptors (Lipinski definition) is 2. The lowest BCUT2D eigenvalue weighted by Gasteiger charge is -2.22. The van der Waals surface area contributed by atoms with Gasteiger partial charge in [0.1, 0.15) is 0 Å². The van der Waals surface area contributed by atoms with Crippen molar-refractivity contribution in [3.8, 4) is 0 Å². The molecule has 2 unspecified atom stereocenters. The summed E-state index contributed by atoms with van der Waals surface area (Å²) in [6.45, 7) is 0.948. The molecule has 0 saturated heterocycles. The van der Waals surface area contributed by atoms with Crippen molar-refractivity contribution < 1.29 is 18.3 Å². The third-order valence-corrected chi connectivity index (χ3v) is 4.56. The largest absolute Gasteiger partial charge is 0.417 e. The van der Waals surface area contributed by atoms with Gasteiger partial charge < -0.3 is 10.4 Å². The lowest BCUT2D eigenvalue weighted by atomic mass is 9.92. The van der Waals surface area contributed by atoms with Crippen LogP contribution in [0, 0.1) is 0 Å². The second kappa shape index (κ2) is 7.66. The molecule has 124 valence electrons. The highest BCUT2D eigenvalue weighted by molar-refractivity contribution is 6.31. The molecule has 2 atom stereocenters. The fourth-order valence-corrected chi connectivity index (χ4v) is 3.34. The molecule has 0 aromatic heterocycles. The molecule has 2 nitrogen and oxygen atoms in total. The van der Waals surface area contributed by atoms with Gasteiger partial charge in [0.2, 0.25) is 0 Å². The number of aliphatic hydroxyl groups excluding tert-OH is 1. The third-order valence-electron chi connectivity index (χ3n) is 4.23. The van der Waals surface area contributed by atoms with E-state index in [0.717, 1.165) is 38.6 Å². The van der Waals surface area contributed by atoms with Gasteiger partial charge >= 0.3 is 6.18 Å². The van der Waals surface area contributed by atoms with Crippen molar-refractivity contribution in [2.24, 2.45) is 0 Å². The Morgan fingerprint density at radius 1 is 1.23 bits per heavy atom. The predicted molar refractivity (Wildman–Crippen MR) is 81.2 cm³/mol. The molecule has 1 fully saturated rings. The van der Waals surface area contributed by atoms with Crippen LogP contribution in [-0.2, 0) is 6.18 Å². The SMILES string of the molecule is OCCCCNC1CCCC1c1ccc(Cl)c(C(F)(F)F)c1. The summed E-state index contributed by atoms with van der Waals surface area (Å²) in [6, 6.07) is 4.44. The fraction of sp³-hybridized carbons (Fsp3) is 0.625. The molecule has 2 N–H and O–H groups in total. The zero-order valence-electron chi connectivity index (χ0n) is 12.3. The quantitative estimate of drug-likeness (QED) is 0.757. The summed E-state index contributed by atoms with van der Waals surface area (Å²) in [5, 5.41) is 11.9. The Balaban J connectivity index is 2.09. The van der Waals surface area contributed by atoms with Crippen LogP contribution in [0.3, 0.4) is 0 Å². The molecule has 1 saturated carbocycles. The number of alkyl halides is 3. The van der Waals surface area contributed by atoms with Crippen molar-refractivity contribution in [3.05, 3.63) is 34.3 Å². The lowest BCUT2D eigenvalue weighted by Crippen LogP contribution is -2.32. The van der Waals surface area contributed by atoms with Crippen LogP contribution < -0.4 is 5.32 Å². The van der Waals surface area contributed by atoms with Gasteiger partial charge in [-0.3, -0.25) is 0 Å². The van der Waals surface area contributed by atoms with Gasteiger partial charge in [0.05, 0.1) is 10.6 Å². The molecule has 0 heterocycles. The summed E-state index contributed by atoms with van der Waals surface area (Å²) in [6.07, 6.45) is 0.0458. The number of hydrogen-bond donors (Lipinski definition) is 2. The highest BCUT2D eigenvalue weighted by atomic mass is 35.5. The van der Waals surface area contributed by atoms with Gasteiger partial charge in [-0.2, -0.15) is 13.2 Å². The van der Waals surface area contributed by atoms with E-state index in [-0.39, 0.29) is 23.6 Å². The van der Waals surface area contributed by atoms with Crippen molar-refractivity contribution in [3.63, 3.8) is 0 Å². The first kappa shape index (κ1) is 17.6. The van der Waals surface area contributed by atoms with Crippen LogP contribution in [0.2, 0.25) is 5.02 Å². The fourth-order valence-electron chi connectivity index (χ4n) is 3.12. The zero-order chi connectivity index (χ0) is 16.2. The van der Waals surface area contributed by atoms with Crippen LogP contribution in [-0.4, -0.2) is 24.3 Å². The normalized spacial score (nSPS) is 22.2. The first-order chi connectivity index (χ1) is 10.4. The summed E-state index contributed by atoms with van der Waals surface area (Å²) >= 11 is 5.68. The summed E-state index contributed by atoms with van der Waals surface area (Å²) in [5.74, 6) is 0.0903. The Morgan fingerprint density at radius 2 is 2.00 bits per heavy atom. The molecule has 0 radical (unpaired) electrons. The molecule has 22 heavy (non-hydrogen) atoms. The number of aliphatic hydroxyl groups is 1. The average molecular weight is 336 g/mol. The number of nitrogens with one attached hydrogen (secondary N) is 1. The van der Waals surface area contributed by atoms with Crippen molar-refractivity contribution in [2.75, 3.05) is 13.2 Å². The zero-order valence-corrected chi connectivity index (χ0v) is 13.1. The van der Waals surface area contributed by atoms with E-state index in [9.17, 15) is 13.2 Å². The van der Waals surface area contributed by atoms with E-state index in [0.29, 0.717) is 5.56 Å². The molecule has 1 aromatic rings. The molecule has 0 amide bonds. The second-order valence-corrected chi connectivity index (χ2v) is 6.17. The van der Waals surface area contributed by atoms with Crippen molar-refractivity contribution >= 4 is 11.6 Å². The van der Waals surface area contributed by atoms with Crippen LogP contribution in [0.25, 0.3) is 0 Å². The molecule has 0 aliphatic heterocycles. The maximum absolute atomic E-state index is 13.0. The van der Waals surface area contributed by atoms with E-state index in [1.807, 2.05) is 0 Å². The van der Waals surface area contributed by atoms with Gasteiger partial charge in [-0.15, -0.1) is 0 Å². The summed E-state index contributed by atoms with van der Waals surface area (Å²) in [4.78, 5) is 0. The highest BCUT2D eigenvalue weighted by Crippen LogP contribution is 2.40. The topological polar surface area (TPSA) is 32.3 Å². The maximum Gasteiger partial charge on any atom is 0.417 e. The average Bonchev–Trinajstić information content (AvgIpc) is 2.91. The Bertz CT molecular complexity index is 493. The molecule has 2 rings (SSSR count). The van der Waals surface area contributed by atoms with Gasteiger partial charge in [0.25, 0.3) is 0 Å². The summed E-state index contributed by atoms with van der Waals surface area (Å²) in [7, 11) is 0. The third kappa shape index (κ3) is 4.37. The highest BCUT2D eigenvalue weighted by Gasteiger charge is 2.35. The van der Waals surface area contributed by atoms with Gasteiger partial charge in [0, 0.05) is 12.6 Å². The van der Waals surface area contributed by atoms with Crippen LogP contribution in [0.4, 0.5) is 13.2 Å². The minimum absolute atomic E-state index is 0.0903. The molecule has 1 aliphatic carbocycles. The van der Waals surface area contributed by atoms with Gasteiger partial charge in [0.15, 0.2) is 0 Å². The van der Waals surface area contributed by atoms with Crippen molar-refractivity contribution in [1.82, 2.24) is 5.32 Å². The Morgan fingerprint density at radius 3 is 2.68 bits per heavy atom. The number of rotatable bonds is 6. The van der Waals surface area contributed by atoms with E-state index in [1.165, 1.54) is 12.1 Å². The predicted octanol–water partition coefficient (Wildman–Crippen LogP) is 4.36. The van der Waals surface area contributed by atoms with Crippen LogP contribution in [0.5, 0.6) is 0 Å². The molecule has 1 aliphatic rings. The molecule has 6 heteroatoms. The smallest absolute Gasteiger partial charge is 0.396 e. The number of unbranched alkanes of at least 4 members (excludes halogenated alkanes) is 1. The molecular formula is C16H21ClF3NO. The van der Waals surface area contributed by atoms with E-state index < -0.39 is 11.7 Å². The van der Waals surface area contributed by atoms with Crippen molar-refractivity contribution in [1.29, 1.82) is 0 Å². The van der Waals surface area contributed by atoms with Gasteiger partial charge in [-0.1, -0.05) is 24.1 Å². The summed E-state index contributed by atoms with van der Waals surface area (Å²) in [5.41, 5.74) is -0.0496. The molecule has 0 bridgehead atoms. The summed E-state index contributed by atoms with van der Waals surface area (Å²) < 4.78 is 38.9. The Kier molecular flexibility index (Phi) is 6.12. The second-order valence-electron chi connectivity index (χ2n) is 5.77. The number of benzene rings is 1.